The topological polar surface area (TPSA) is 56.2 Å². The van der Waals surface area contributed by atoms with Gasteiger partial charge in [0.05, 0.1) is 0 Å². The summed E-state index contributed by atoms with van der Waals surface area (Å²) < 4.78 is 2.06. The van der Waals surface area contributed by atoms with Gasteiger partial charge in [-0.15, -0.1) is 10.2 Å². The van der Waals surface area contributed by atoms with Crippen molar-refractivity contribution in [1.29, 1.82) is 0 Å². The molecule has 1 fully saturated rings. The van der Waals surface area contributed by atoms with Gasteiger partial charge >= 0.3 is 0 Å². The van der Waals surface area contributed by atoms with E-state index in [4.69, 9.17) is 5.73 Å². The standard InChI is InChI=1S/C11H14N4/c1-8-2-5-15-9(6-8)13-14-10(15)11(7-12)3-4-11/h2,5-6H,3-4,7,12H2,1H3. The number of nitrogens with zero attached hydrogens (tertiary/aromatic N) is 3. The van der Waals surface area contributed by atoms with Crippen molar-refractivity contribution >= 4 is 5.65 Å². The molecule has 78 valence electrons. The first-order valence-corrected chi connectivity index (χ1v) is 5.27. The fourth-order valence-corrected chi connectivity index (χ4v) is 2.02. The van der Waals surface area contributed by atoms with E-state index in [0.717, 1.165) is 24.3 Å². The zero-order valence-corrected chi connectivity index (χ0v) is 8.77. The molecule has 0 aliphatic heterocycles. The van der Waals surface area contributed by atoms with Crippen LogP contribution in [-0.4, -0.2) is 21.1 Å². The predicted molar refractivity (Wildman–Crippen MR) is 57.7 cm³/mol. The highest BCUT2D eigenvalue weighted by Gasteiger charge is 2.46. The van der Waals surface area contributed by atoms with Gasteiger partial charge in [0.2, 0.25) is 0 Å². The van der Waals surface area contributed by atoms with E-state index >= 15 is 0 Å². The lowest BCUT2D eigenvalue weighted by atomic mass is 10.1. The fourth-order valence-electron chi connectivity index (χ4n) is 2.02. The molecule has 2 aromatic heterocycles. The molecule has 0 spiro atoms. The maximum atomic E-state index is 5.80. The van der Waals surface area contributed by atoms with E-state index in [1.165, 1.54) is 5.56 Å². The minimum absolute atomic E-state index is 0.106. The van der Waals surface area contributed by atoms with Crippen molar-refractivity contribution in [1.82, 2.24) is 14.6 Å². The van der Waals surface area contributed by atoms with Gasteiger partial charge in [0.15, 0.2) is 5.65 Å². The van der Waals surface area contributed by atoms with Crippen LogP contribution in [-0.2, 0) is 5.41 Å². The van der Waals surface area contributed by atoms with E-state index in [1.807, 2.05) is 12.3 Å². The van der Waals surface area contributed by atoms with Gasteiger partial charge < -0.3 is 5.73 Å². The summed E-state index contributed by atoms with van der Waals surface area (Å²) in [6, 6.07) is 4.12. The first-order chi connectivity index (χ1) is 7.25. The zero-order valence-electron chi connectivity index (χ0n) is 8.77. The third kappa shape index (κ3) is 1.18. The second kappa shape index (κ2) is 2.79. The highest BCUT2D eigenvalue weighted by molar-refractivity contribution is 5.42. The van der Waals surface area contributed by atoms with Crippen LogP contribution in [0.15, 0.2) is 18.3 Å². The van der Waals surface area contributed by atoms with E-state index in [0.29, 0.717) is 6.54 Å². The van der Waals surface area contributed by atoms with Gasteiger partial charge in [-0.25, -0.2) is 0 Å². The molecular formula is C11H14N4. The lowest BCUT2D eigenvalue weighted by molar-refractivity contribution is 0.639. The van der Waals surface area contributed by atoms with Gasteiger partial charge in [0, 0.05) is 18.2 Å². The summed E-state index contributed by atoms with van der Waals surface area (Å²) in [5.41, 5.74) is 8.03. The third-order valence-corrected chi connectivity index (χ3v) is 3.28. The Balaban J connectivity index is 2.21. The summed E-state index contributed by atoms with van der Waals surface area (Å²) in [5.74, 6) is 1.03. The molecule has 1 aliphatic carbocycles. The Bertz CT molecular complexity index is 510. The summed E-state index contributed by atoms with van der Waals surface area (Å²) >= 11 is 0. The smallest absolute Gasteiger partial charge is 0.161 e. The molecular weight excluding hydrogens is 188 g/mol. The van der Waals surface area contributed by atoms with Crippen molar-refractivity contribution in [3.63, 3.8) is 0 Å². The van der Waals surface area contributed by atoms with Gasteiger partial charge in [0.25, 0.3) is 0 Å². The summed E-state index contributed by atoms with van der Waals surface area (Å²) in [5, 5.41) is 8.47. The first-order valence-electron chi connectivity index (χ1n) is 5.27. The Hall–Kier alpha value is -1.42. The molecule has 4 heteroatoms. The number of aromatic nitrogens is 3. The van der Waals surface area contributed by atoms with Crippen LogP contribution < -0.4 is 5.73 Å². The van der Waals surface area contributed by atoms with Crippen LogP contribution in [0.25, 0.3) is 5.65 Å². The van der Waals surface area contributed by atoms with E-state index in [9.17, 15) is 0 Å². The number of rotatable bonds is 2. The number of hydrogen-bond donors (Lipinski definition) is 1. The molecule has 3 rings (SSSR count). The van der Waals surface area contributed by atoms with E-state index in [1.54, 1.807) is 0 Å². The molecule has 0 amide bonds. The van der Waals surface area contributed by atoms with Crippen LogP contribution in [0.4, 0.5) is 0 Å². The summed E-state index contributed by atoms with van der Waals surface area (Å²) in [6.45, 7) is 2.73. The fraction of sp³-hybridized carbons (Fsp3) is 0.455. The lowest BCUT2D eigenvalue weighted by Gasteiger charge is -2.09. The van der Waals surface area contributed by atoms with Gasteiger partial charge in [-0.3, -0.25) is 4.40 Å². The predicted octanol–water partition coefficient (Wildman–Crippen LogP) is 1.03. The lowest BCUT2D eigenvalue weighted by Crippen LogP contribution is -2.22. The molecule has 2 heterocycles. The molecule has 2 aromatic rings. The normalized spacial score (nSPS) is 18.3. The Kier molecular flexibility index (Phi) is 1.65. The number of fused-ring (bicyclic) bond motifs is 1. The van der Waals surface area contributed by atoms with Crippen molar-refractivity contribution in [3.05, 3.63) is 29.7 Å². The molecule has 0 bridgehead atoms. The molecule has 15 heavy (non-hydrogen) atoms. The molecule has 0 saturated heterocycles. The van der Waals surface area contributed by atoms with Crippen molar-refractivity contribution in [2.45, 2.75) is 25.2 Å². The van der Waals surface area contributed by atoms with Crippen LogP contribution in [0.3, 0.4) is 0 Å². The zero-order chi connectivity index (χ0) is 10.5. The molecule has 0 unspecified atom stereocenters. The summed E-state index contributed by atoms with van der Waals surface area (Å²) in [7, 11) is 0. The van der Waals surface area contributed by atoms with Crippen molar-refractivity contribution in [3.8, 4) is 0 Å². The first kappa shape index (κ1) is 8.85. The summed E-state index contributed by atoms with van der Waals surface area (Å²) in [4.78, 5) is 0. The maximum Gasteiger partial charge on any atom is 0.161 e. The Morgan fingerprint density at radius 1 is 1.47 bits per heavy atom. The molecule has 4 nitrogen and oxygen atoms in total. The second-order valence-corrected chi connectivity index (χ2v) is 4.44. The van der Waals surface area contributed by atoms with Gasteiger partial charge in [-0.1, -0.05) is 0 Å². The Labute approximate surface area is 88.1 Å². The highest BCUT2D eigenvalue weighted by Crippen LogP contribution is 2.46. The number of aryl methyl sites for hydroxylation is 1. The van der Waals surface area contributed by atoms with Crippen LogP contribution in [0.5, 0.6) is 0 Å². The monoisotopic (exact) mass is 202 g/mol. The van der Waals surface area contributed by atoms with Crippen LogP contribution >= 0.6 is 0 Å². The van der Waals surface area contributed by atoms with Gasteiger partial charge in [-0.05, 0) is 37.5 Å². The number of pyridine rings is 1. The Morgan fingerprint density at radius 2 is 2.27 bits per heavy atom. The Morgan fingerprint density at radius 3 is 2.93 bits per heavy atom. The number of nitrogens with two attached hydrogens (primary N) is 1. The van der Waals surface area contributed by atoms with Crippen LogP contribution in [0, 0.1) is 6.92 Å². The molecule has 0 aromatic carbocycles. The average Bonchev–Trinajstić information content (AvgIpc) is 2.93. The molecule has 2 N–H and O–H groups in total. The van der Waals surface area contributed by atoms with Crippen molar-refractivity contribution in [2.24, 2.45) is 5.73 Å². The van der Waals surface area contributed by atoms with Crippen LogP contribution in [0.1, 0.15) is 24.2 Å². The van der Waals surface area contributed by atoms with E-state index in [-0.39, 0.29) is 5.41 Å². The van der Waals surface area contributed by atoms with E-state index < -0.39 is 0 Å². The minimum atomic E-state index is 0.106. The molecule has 1 saturated carbocycles. The second-order valence-electron chi connectivity index (χ2n) is 4.44. The van der Waals surface area contributed by atoms with Gasteiger partial charge in [0.1, 0.15) is 5.82 Å². The van der Waals surface area contributed by atoms with Crippen molar-refractivity contribution in [2.75, 3.05) is 6.54 Å². The molecule has 1 aliphatic rings. The molecule has 0 atom stereocenters. The van der Waals surface area contributed by atoms with E-state index in [2.05, 4.69) is 27.6 Å². The number of hydrogen-bond acceptors (Lipinski definition) is 3. The quantitative estimate of drug-likeness (QED) is 0.791. The third-order valence-electron chi connectivity index (χ3n) is 3.28. The highest BCUT2D eigenvalue weighted by atomic mass is 15.3. The minimum Gasteiger partial charge on any atom is -0.329 e. The summed E-state index contributed by atoms with van der Waals surface area (Å²) in [6.07, 6.45) is 4.31. The SMILES string of the molecule is Cc1ccn2c(C3(CN)CC3)nnc2c1. The van der Waals surface area contributed by atoms with Crippen molar-refractivity contribution < 1.29 is 0 Å². The molecule has 0 radical (unpaired) electrons. The van der Waals surface area contributed by atoms with Crippen LogP contribution in [0.2, 0.25) is 0 Å². The average molecular weight is 202 g/mol. The largest absolute Gasteiger partial charge is 0.329 e. The maximum absolute atomic E-state index is 5.80. The van der Waals surface area contributed by atoms with Gasteiger partial charge in [-0.2, -0.15) is 0 Å².